The first kappa shape index (κ1) is 9.59. The minimum Gasteiger partial charge on any atom is -0.272 e. The molecule has 0 atom stereocenters. The zero-order chi connectivity index (χ0) is 9.14. The van der Waals surface area contributed by atoms with Crippen LogP contribution in [-0.4, -0.2) is 15.7 Å². The van der Waals surface area contributed by atoms with E-state index in [0.29, 0.717) is 0 Å². The van der Waals surface area contributed by atoms with E-state index in [0.717, 1.165) is 24.4 Å². The van der Waals surface area contributed by atoms with Gasteiger partial charge in [0.1, 0.15) is 0 Å². The van der Waals surface area contributed by atoms with Crippen LogP contribution in [-0.2, 0) is 13.5 Å². The highest BCUT2D eigenvalue weighted by Gasteiger charge is 2.07. The smallest absolute Gasteiger partial charge is 0.0628 e. The molecule has 2 nitrogen and oxygen atoms in total. The van der Waals surface area contributed by atoms with E-state index in [1.54, 1.807) is 0 Å². The van der Waals surface area contributed by atoms with Gasteiger partial charge in [-0.1, -0.05) is 0 Å². The lowest BCUT2D eigenvalue weighted by molar-refractivity contribution is 0.729. The molecule has 0 saturated heterocycles. The second kappa shape index (κ2) is 3.94. The molecule has 0 bridgehead atoms. The van der Waals surface area contributed by atoms with Crippen LogP contribution in [0.3, 0.4) is 0 Å². The van der Waals surface area contributed by atoms with Gasteiger partial charge in [-0.2, -0.15) is 5.10 Å². The van der Waals surface area contributed by atoms with Crippen molar-refractivity contribution in [2.75, 3.05) is 5.88 Å². The van der Waals surface area contributed by atoms with Gasteiger partial charge in [-0.05, 0) is 32.3 Å². The molecule has 0 aromatic carbocycles. The number of alkyl halides is 1. The molecule has 0 aliphatic carbocycles. The van der Waals surface area contributed by atoms with Crippen molar-refractivity contribution in [2.24, 2.45) is 7.05 Å². The van der Waals surface area contributed by atoms with Crippen molar-refractivity contribution in [3.05, 3.63) is 17.0 Å². The van der Waals surface area contributed by atoms with E-state index < -0.39 is 0 Å². The molecule has 0 N–H and O–H groups in total. The molecule has 0 unspecified atom stereocenters. The maximum atomic E-state index is 5.64. The standard InChI is InChI=1S/C9H15ClN2/c1-7-9(5-4-6-10)8(2)12(3)11-7/h4-6H2,1-3H3. The summed E-state index contributed by atoms with van der Waals surface area (Å²) in [6.07, 6.45) is 2.09. The van der Waals surface area contributed by atoms with Crippen molar-refractivity contribution >= 4 is 11.6 Å². The third-order valence-corrected chi connectivity index (χ3v) is 2.49. The molecular weight excluding hydrogens is 172 g/mol. The van der Waals surface area contributed by atoms with Crippen molar-refractivity contribution in [3.8, 4) is 0 Å². The van der Waals surface area contributed by atoms with Crippen LogP contribution in [0, 0.1) is 13.8 Å². The zero-order valence-corrected chi connectivity index (χ0v) is 8.65. The molecule has 0 saturated carbocycles. The van der Waals surface area contributed by atoms with Crippen molar-refractivity contribution in [3.63, 3.8) is 0 Å². The molecule has 3 heteroatoms. The molecule has 0 aliphatic heterocycles. The van der Waals surface area contributed by atoms with Crippen LogP contribution >= 0.6 is 11.6 Å². The number of halogens is 1. The Morgan fingerprint density at radius 1 is 1.42 bits per heavy atom. The van der Waals surface area contributed by atoms with E-state index in [1.807, 2.05) is 11.7 Å². The van der Waals surface area contributed by atoms with Crippen LogP contribution in [0.25, 0.3) is 0 Å². The summed E-state index contributed by atoms with van der Waals surface area (Å²) >= 11 is 5.64. The average Bonchev–Trinajstić information content (AvgIpc) is 2.25. The van der Waals surface area contributed by atoms with Gasteiger partial charge in [0.15, 0.2) is 0 Å². The maximum Gasteiger partial charge on any atom is 0.0628 e. The molecule has 0 spiro atoms. The van der Waals surface area contributed by atoms with Crippen LogP contribution in [0.4, 0.5) is 0 Å². The Kier molecular flexibility index (Phi) is 3.15. The summed E-state index contributed by atoms with van der Waals surface area (Å²) in [5, 5.41) is 4.34. The van der Waals surface area contributed by atoms with Crippen molar-refractivity contribution in [1.82, 2.24) is 9.78 Å². The normalized spacial score (nSPS) is 10.7. The van der Waals surface area contributed by atoms with Crippen molar-refractivity contribution < 1.29 is 0 Å². The molecule has 1 aromatic heterocycles. The van der Waals surface area contributed by atoms with E-state index in [4.69, 9.17) is 11.6 Å². The van der Waals surface area contributed by atoms with E-state index in [9.17, 15) is 0 Å². The van der Waals surface area contributed by atoms with Gasteiger partial charge in [-0.25, -0.2) is 0 Å². The molecule has 12 heavy (non-hydrogen) atoms. The summed E-state index contributed by atoms with van der Waals surface area (Å²) in [7, 11) is 1.98. The van der Waals surface area contributed by atoms with Crippen LogP contribution in [0.5, 0.6) is 0 Å². The number of aryl methyl sites for hydroxylation is 2. The molecule has 0 radical (unpaired) electrons. The van der Waals surface area contributed by atoms with Gasteiger partial charge in [0, 0.05) is 18.6 Å². The lowest BCUT2D eigenvalue weighted by atomic mass is 10.1. The third-order valence-electron chi connectivity index (χ3n) is 2.22. The first-order valence-corrected chi connectivity index (χ1v) is 4.75. The van der Waals surface area contributed by atoms with E-state index in [1.165, 1.54) is 11.3 Å². The fourth-order valence-electron chi connectivity index (χ4n) is 1.42. The highest BCUT2D eigenvalue weighted by Crippen LogP contribution is 2.13. The van der Waals surface area contributed by atoms with Gasteiger partial charge < -0.3 is 0 Å². The third kappa shape index (κ3) is 1.81. The summed E-state index contributed by atoms with van der Waals surface area (Å²) < 4.78 is 1.93. The molecule has 0 aliphatic rings. The van der Waals surface area contributed by atoms with Gasteiger partial charge in [0.25, 0.3) is 0 Å². The Labute approximate surface area is 78.5 Å². The topological polar surface area (TPSA) is 17.8 Å². The molecule has 1 heterocycles. The number of hydrogen-bond donors (Lipinski definition) is 0. The second-order valence-electron chi connectivity index (χ2n) is 3.07. The van der Waals surface area contributed by atoms with Gasteiger partial charge in [0.2, 0.25) is 0 Å². The van der Waals surface area contributed by atoms with Gasteiger partial charge in [-0.15, -0.1) is 11.6 Å². The van der Waals surface area contributed by atoms with Crippen molar-refractivity contribution in [1.29, 1.82) is 0 Å². The summed E-state index contributed by atoms with van der Waals surface area (Å²) in [6, 6.07) is 0. The Hall–Kier alpha value is -0.500. The second-order valence-corrected chi connectivity index (χ2v) is 3.44. The highest BCUT2D eigenvalue weighted by atomic mass is 35.5. The highest BCUT2D eigenvalue weighted by molar-refractivity contribution is 6.17. The predicted molar refractivity (Wildman–Crippen MR) is 51.7 cm³/mol. The van der Waals surface area contributed by atoms with Gasteiger partial charge in [0.05, 0.1) is 5.69 Å². The SMILES string of the molecule is Cc1nn(C)c(C)c1CCCCl. The molecule has 1 aromatic rings. The first-order chi connectivity index (χ1) is 5.66. The Bertz CT molecular complexity index is 266. The fourth-order valence-corrected chi connectivity index (χ4v) is 1.56. The van der Waals surface area contributed by atoms with Crippen LogP contribution < -0.4 is 0 Å². The van der Waals surface area contributed by atoms with Crippen molar-refractivity contribution in [2.45, 2.75) is 26.7 Å². The lowest BCUT2D eigenvalue weighted by Crippen LogP contribution is -1.94. The molecular formula is C9H15ClN2. The summed E-state index contributed by atoms with van der Waals surface area (Å²) in [5.41, 5.74) is 3.76. The lowest BCUT2D eigenvalue weighted by Gasteiger charge is -1.98. The minimum absolute atomic E-state index is 0.730. The van der Waals surface area contributed by atoms with E-state index in [-0.39, 0.29) is 0 Å². The molecule has 0 fully saturated rings. The molecule has 1 rings (SSSR count). The Morgan fingerprint density at radius 3 is 2.50 bits per heavy atom. The van der Waals surface area contributed by atoms with E-state index in [2.05, 4.69) is 18.9 Å². The first-order valence-electron chi connectivity index (χ1n) is 4.22. The maximum absolute atomic E-state index is 5.64. The number of nitrogens with zero attached hydrogens (tertiary/aromatic N) is 2. The monoisotopic (exact) mass is 186 g/mol. The molecule has 68 valence electrons. The van der Waals surface area contributed by atoms with Crippen LogP contribution in [0.2, 0.25) is 0 Å². The largest absolute Gasteiger partial charge is 0.272 e. The predicted octanol–water partition coefficient (Wildman–Crippen LogP) is 2.21. The zero-order valence-electron chi connectivity index (χ0n) is 7.89. The Morgan fingerprint density at radius 2 is 2.08 bits per heavy atom. The van der Waals surface area contributed by atoms with Gasteiger partial charge >= 0.3 is 0 Å². The van der Waals surface area contributed by atoms with E-state index >= 15 is 0 Å². The number of aromatic nitrogens is 2. The van der Waals surface area contributed by atoms with Crippen LogP contribution in [0.15, 0.2) is 0 Å². The fraction of sp³-hybridized carbons (Fsp3) is 0.667. The Balaban J connectivity index is 2.82. The summed E-state index contributed by atoms with van der Waals surface area (Å²) in [6.45, 7) is 4.15. The quantitative estimate of drug-likeness (QED) is 0.662. The average molecular weight is 187 g/mol. The summed E-state index contributed by atoms with van der Waals surface area (Å²) in [5.74, 6) is 0.730. The number of hydrogen-bond acceptors (Lipinski definition) is 1. The van der Waals surface area contributed by atoms with Crippen LogP contribution in [0.1, 0.15) is 23.4 Å². The minimum atomic E-state index is 0.730. The van der Waals surface area contributed by atoms with Gasteiger partial charge in [-0.3, -0.25) is 4.68 Å². The molecule has 0 amide bonds. The number of rotatable bonds is 3. The summed E-state index contributed by atoms with van der Waals surface area (Å²) in [4.78, 5) is 0.